The van der Waals surface area contributed by atoms with Crippen molar-refractivity contribution in [1.29, 1.82) is 0 Å². The second-order valence-electron chi connectivity index (χ2n) is 4.73. The van der Waals surface area contributed by atoms with Crippen molar-refractivity contribution in [2.24, 2.45) is 5.73 Å². The first-order valence-corrected chi connectivity index (χ1v) is 7.03. The molecule has 0 aliphatic heterocycles. The number of aromatic amines is 1. The van der Waals surface area contributed by atoms with Crippen LogP contribution in [0.3, 0.4) is 0 Å². The van der Waals surface area contributed by atoms with Gasteiger partial charge in [0.2, 0.25) is 0 Å². The highest BCUT2D eigenvalue weighted by molar-refractivity contribution is 7.99. The number of nitrogens with zero attached hydrogens (tertiary/aromatic N) is 3. The number of rotatable bonds is 4. The number of hydrogen-bond donors (Lipinski definition) is 2. The first kappa shape index (κ1) is 12.4. The lowest BCUT2D eigenvalue weighted by Gasteiger charge is -2.07. The van der Waals surface area contributed by atoms with Gasteiger partial charge in [0, 0.05) is 18.3 Å². The van der Waals surface area contributed by atoms with Gasteiger partial charge in [0.15, 0.2) is 5.16 Å². The van der Waals surface area contributed by atoms with Gasteiger partial charge in [0.1, 0.15) is 5.03 Å². The summed E-state index contributed by atoms with van der Waals surface area (Å²) < 4.78 is 1.71. The Morgan fingerprint density at radius 1 is 1.58 bits per heavy atom. The second-order valence-corrected chi connectivity index (χ2v) is 5.72. The van der Waals surface area contributed by atoms with Crippen LogP contribution in [-0.4, -0.2) is 19.7 Å². The fraction of sp³-hybridized carbons (Fsp3) is 0.417. The molecule has 1 atom stereocenters. The van der Waals surface area contributed by atoms with Crippen LogP contribution in [0.5, 0.6) is 0 Å². The Hall–Kier alpha value is -1.60. The predicted molar refractivity (Wildman–Crippen MR) is 72.1 cm³/mol. The van der Waals surface area contributed by atoms with Crippen LogP contribution in [0, 0.1) is 0 Å². The molecule has 100 valence electrons. The Balaban J connectivity index is 1.89. The summed E-state index contributed by atoms with van der Waals surface area (Å²) in [5.41, 5.74) is 6.73. The second kappa shape index (κ2) is 4.82. The van der Waals surface area contributed by atoms with Gasteiger partial charge in [-0.2, -0.15) is 0 Å². The quantitative estimate of drug-likeness (QED) is 0.883. The van der Waals surface area contributed by atoms with Crippen LogP contribution in [0.4, 0.5) is 0 Å². The lowest BCUT2D eigenvalue weighted by Crippen LogP contribution is -2.16. The molecule has 7 heteroatoms. The first-order valence-electron chi connectivity index (χ1n) is 6.21. The van der Waals surface area contributed by atoms with Crippen LogP contribution < -0.4 is 11.4 Å². The van der Waals surface area contributed by atoms with Crippen molar-refractivity contribution in [2.75, 3.05) is 0 Å². The average molecular weight is 277 g/mol. The monoisotopic (exact) mass is 277 g/mol. The maximum absolute atomic E-state index is 11.7. The van der Waals surface area contributed by atoms with Crippen molar-refractivity contribution in [2.45, 2.75) is 42.0 Å². The van der Waals surface area contributed by atoms with E-state index in [2.05, 4.69) is 15.2 Å². The third-order valence-corrected chi connectivity index (χ3v) is 3.97. The maximum atomic E-state index is 11.7. The van der Waals surface area contributed by atoms with E-state index in [9.17, 15) is 4.79 Å². The molecular formula is C12H15N5OS. The molecule has 6 nitrogen and oxygen atoms in total. The minimum atomic E-state index is -0.145. The number of pyridine rings is 1. The normalized spacial score (nSPS) is 16.5. The molecule has 2 aromatic heterocycles. The first-order chi connectivity index (χ1) is 9.15. The third-order valence-electron chi connectivity index (χ3n) is 3.06. The number of aromatic nitrogens is 4. The Kier molecular flexibility index (Phi) is 3.16. The van der Waals surface area contributed by atoms with Gasteiger partial charge in [-0.1, -0.05) is 0 Å². The minimum Gasteiger partial charge on any atom is -0.324 e. The fourth-order valence-electron chi connectivity index (χ4n) is 1.87. The molecule has 0 bridgehead atoms. The van der Waals surface area contributed by atoms with E-state index < -0.39 is 0 Å². The molecule has 2 aromatic rings. The van der Waals surface area contributed by atoms with Gasteiger partial charge >= 0.3 is 5.69 Å². The van der Waals surface area contributed by atoms with E-state index in [-0.39, 0.29) is 11.7 Å². The minimum absolute atomic E-state index is 0.0350. The van der Waals surface area contributed by atoms with E-state index in [0.29, 0.717) is 11.2 Å². The Morgan fingerprint density at radius 2 is 2.37 bits per heavy atom. The average Bonchev–Trinajstić information content (AvgIpc) is 3.15. The van der Waals surface area contributed by atoms with Gasteiger partial charge in [-0.3, -0.25) is 4.57 Å². The zero-order valence-corrected chi connectivity index (χ0v) is 11.4. The van der Waals surface area contributed by atoms with Gasteiger partial charge in [-0.15, -0.1) is 5.10 Å². The van der Waals surface area contributed by atoms with Gasteiger partial charge in [-0.05, 0) is 49.2 Å². The Bertz CT molecular complexity index is 644. The number of H-pyrrole nitrogens is 1. The van der Waals surface area contributed by atoms with Crippen molar-refractivity contribution < 1.29 is 0 Å². The summed E-state index contributed by atoms with van der Waals surface area (Å²) in [6.45, 7) is 1.93. The van der Waals surface area contributed by atoms with Crippen molar-refractivity contribution >= 4 is 11.8 Å². The molecule has 3 rings (SSSR count). The van der Waals surface area contributed by atoms with E-state index in [1.54, 1.807) is 10.8 Å². The molecule has 0 unspecified atom stereocenters. The molecule has 1 aliphatic carbocycles. The van der Waals surface area contributed by atoms with Crippen LogP contribution in [0.1, 0.15) is 37.4 Å². The molecule has 0 saturated heterocycles. The highest BCUT2D eigenvalue weighted by Gasteiger charge is 2.28. The predicted octanol–water partition coefficient (Wildman–Crippen LogP) is 1.47. The van der Waals surface area contributed by atoms with Gasteiger partial charge in [0.25, 0.3) is 0 Å². The standard InChI is InChI=1S/C12H15N5OS/c1-7(13)8-4-5-14-10(6-8)19-12-16-15-11(18)17(12)9-2-3-9/h4-7,9H,2-3,13H2,1H3,(H,15,18)/t7-/m0/s1. The molecule has 1 saturated carbocycles. The van der Waals surface area contributed by atoms with Crippen LogP contribution in [0.15, 0.2) is 33.3 Å². The zero-order valence-electron chi connectivity index (χ0n) is 10.5. The Labute approximate surface area is 114 Å². The van der Waals surface area contributed by atoms with E-state index in [0.717, 1.165) is 23.4 Å². The summed E-state index contributed by atoms with van der Waals surface area (Å²) in [6.07, 6.45) is 3.81. The van der Waals surface area contributed by atoms with Crippen LogP contribution in [0.2, 0.25) is 0 Å². The zero-order chi connectivity index (χ0) is 13.4. The lowest BCUT2D eigenvalue weighted by atomic mass is 10.1. The SMILES string of the molecule is C[C@H](N)c1ccnc(Sc2n[nH]c(=O)n2C2CC2)c1. The molecule has 0 amide bonds. The maximum Gasteiger partial charge on any atom is 0.344 e. The summed E-state index contributed by atoms with van der Waals surface area (Å²) in [5, 5.41) is 8.03. The largest absolute Gasteiger partial charge is 0.344 e. The summed E-state index contributed by atoms with van der Waals surface area (Å²) >= 11 is 1.39. The number of hydrogen-bond acceptors (Lipinski definition) is 5. The summed E-state index contributed by atoms with van der Waals surface area (Å²) in [5.74, 6) is 0. The van der Waals surface area contributed by atoms with Gasteiger partial charge < -0.3 is 5.73 Å². The van der Waals surface area contributed by atoms with E-state index in [4.69, 9.17) is 5.73 Å². The van der Waals surface area contributed by atoms with Crippen molar-refractivity contribution in [3.8, 4) is 0 Å². The molecule has 2 heterocycles. The van der Waals surface area contributed by atoms with Gasteiger partial charge in [-0.25, -0.2) is 14.9 Å². The fourth-order valence-corrected chi connectivity index (χ4v) is 2.79. The van der Waals surface area contributed by atoms with E-state index in [1.807, 2.05) is 19.1 Å². The molecular weight excluding hydrogens is 262 g/mol. The molecule has 0 spiro atoms. The molecule has 0 radical (unpaired) electrons. The van der Waals surface area contributed by atoms with Crippen molar-refractivity contribution in [3.63, 3.8) is 0 Å². The molecule has 1 aliphatic rings. The van der Waals surface area contributed by atoms with Crippen LogP contribution >= 0.6 is 11.8 Å². The van der Waals surface area contributed by atoms with Gasteiger partial charge in [0.05, 0.1) is 0 Å². The smallest absolute Gasteiger partial charge is 0.324 e. The van der Waals surface area contributed by atoms with Crippen molar-refractivity contribution in [3.05, 3.63) is 34.4 Å². The lowest BCUT2D eigenvalue weighted by molar-refractivity contribution is 0.642. The van der Waals surface area contributed by atoms with Crippen LogP contribution in [-0.2, 0) is 0 Å². The molecule has 1 fully saturated rings. The highest BCUT2D eigenvalue weighted by atomic mass is 32.2. The summed E-state index contributed by atoms with van der Waals surface area (Å²) in [6, 6.07) is 4.09. The summed E-state index contributed by atoms with van der Waals surface area (Å²) in [7, 11) is 0. The molecule has 3 N–H and O–H groups in total. The highest BCUT2D eigenvalue weighted by Crippen LogP contribution is 2.37. The number of nitrogens with one attached hydrogen (secondary N) is 1. The molecule has 19 heavy (non-hydrogen) atoms. The van der Waals surface area contributed by atoms with E-state index >= 15 is 0 Å². The Morgan fingerprint density at radius 3 is 3.05 bits per heavy atom. The van der Waals surface area contributed by atoms with E-state index in [1.165, 1.54) is 11.8 Å². The number of nitrogens with two attached hydrogens (primary N) is 1. The molecule has 0 aromatic carbocycles. The van der Waals surface area contributed by atoms with Crippen molar-refractivity contribution in [1.82, 2.24) is 19.7 Å². The topological polar surface area (TPSA) is 89.6 Å². The van der Waals surface area contributed by atoms with Crippen LogP contribution in [0.25, 0.3) is 0 Å². The summed E-state index contributed by atoms with van der Waals surface area (Å²) in [4.78, 5) is 16.0. The third kappa shape index (κ3) is 2.57.